The number of aromatic nitrogens is 3. The number of rotatable bonds is 4. The van der Waals surface area contributed by atoms with Gasteiger partial charge in [-0.05, 0) is 41.5 Å². The summed E-state index contributed by atoms with van der Waals surface area (Å²) >= 11 is 0. The van der Waals surface area contributed by atoms with E-state index in [0.717, 1.165) is 56.4 Å². The van der Waals surface area contributed by atoms with Crippen molar-refractivity contribution in [3.8, 4) is 56.7 Å². The first-order valence-electron chi connectivity index (χ1n) is 17.1. The SMILES string of the molecule is C1=CC2c3ccccc3C3(c4ccccc4Oc4c(-c5ncccc5-c5nc(-c6ccccc6)cc(-c6ccccc6)n5)cccc43)C2C=C1. The van der Waals surface area contributed by atoms with Crippen molar-refractivity contribution >= 4 is 0 Å². The average molecular weight is 642 g/mol. The molecule has 4 nitrogen and oxygen atoms in total. The molecule has 3 unspecified atom stereocenters. The number of hydrogen-bond acceptors (Lipinski definition) is 4. The van der Waals surface area contributed by atoms with Crippen LogP contribution in [0, 0.1) is 5.92 Å². The van der Waals surface area contributed by atoms with Gasteiger partial charge in [0, 0.05) is 51.4 Å². The van der Waals surface area contributed by atoms with Gasteiger partial charge in [0.2, 0.25) is 0 Å². The monoisotopic (exact) mass is 641 g/mol. The summed E-state index contributed by atoms with van der Waals surface area (Å²) in [5.41, 5.74) is 10.9. The third-order valence-electron chi connectivity index (χ3n) is 10.5. The molecule has 236 valence electrons. The molecule has 0 amide bonds. The Bertz CT molecular complexity index is 2430. The van der Waals surface area contributed by atoms with Gasteiger partial charge in [-0.2, -0.15) is 0 Å². The molecule has 2 aromatic heterocycles. The largest absolute Gasteiger partial charge is 0.456 e. The van der Waals surface area contributed by atoms with Crippen LogP contribution in [0.15, 0.2) is 176 Å². The van der Waals surface area contributed by atoms with Crippen LogP contribution >= 0.6 is 0 Å². The number of para-hydroxylation sites is 2. The van der Waals surface area contributed by atoms with Gasteiger partial charge in [-0.25, -0.2) is 9.97 Å². The Hall–Kier alpha value is -6.39. The number of benzene rings is 5. The second-order valence-electron chi connectivity index (χ2n) is 13.1. The summed E-state index contributed by atoms with van der Waals surface area (Å²) in [5.74, 6) is 2.76. The van der Waals surface area contributed by atoms with Crippen molar-refractivity contribution in [3.05, 3.63) is 198 Å². The lowest BCUT2D eigenvalue weighted by Gasteiger charge is -2.43. The molecule has 2 aliphatic carbocycles. The zero-order chi connectivity index (χ0) is 33.1. The van der Waals surface area contributed by atoms with E-state index >= 15 is 0 Å². The predicted octanol–water partition coefficient (Wildman–Crippen LogP) is 10.8. The first-order valence-corrected chi connectivity index (χ1v) is 17.1. The summed E-state index contributed by atoms with van der Waals surface area (Å²) in [6.45, 7) is 0. The number of fused-ring (bicyclic) bond motifs is 9. The second-order valence-corrected chi connectivity index (χ2v) is 13.1. The number of pyridine rings is 1. The Morgan fingerprint density at radius 3 is 1.96 bits per heavy atom. The smallest absolute Gasteiger partial charge is 0.162 e. The van der Waals surface area contributed by atoms with Gasteiger partial charge >= 0.3 is 0 Å². The van der Waals surface area contributed by atoms with E-state index < -0.39 is 5.41 Å². The predicted molar refractivity (Wildman–Crippen MR) is 199 cm³/mol. The summed E-state index contributed by atoms with van der Waals surface area (Å²) < 4.78 is 7.00. The molecule has 3 heterocycles. The zero-order valence-corrected chi connectivity index (χ0v) is 27.1. The van der Waals surface area contributed by atoms with Crippen molar-refractivity contribution in [1.29, 1.82) is 0 Å². The van der Waals surface area contributed by atoms with Gasteiger partial charge in [0.15, 0.2) is 5.82 Å². The molecule has 5 aromatic carbocycles. The minimum absolute atomic E-state index is 0.187. The number of nitrogens with zero attached hydrogens (tertiary/aromatic N) is 3. The lowest BCUT2D eigenvalue weighted by atomic mass is 9.61. The standard InChI is InChI=1S/C46H31N3O/c1-3-15-30(16-4-1)40-29-41(31-17-5-2-6-18-31)49-45(48-40)35-22-14-28-47-43(35)34-21-13-26-39-44(34)50-42-27-12-11-25-38(42)46(39)36-23-9-7-19-32(36)33-20-8-10-24-37(33)46/h1-29,32,36H. The van der Waals surface area contributed by atoms with Gasteiger partial charge in [0.1, 0.15) is 11.5 Å². The van der Waals surface area contributed by atoms with Crippen molar-refractivity contribution in [2.75, 3.05) is 0 Å². The number of ether oxygens (including phenoxy) is 1. The summed E-state index contributed by atoms with van der Waals surface area (Å²) in [4.78, 5) is 15.4. The summed E-state index contributed by atoms with van der Waals surface area (Å²) in [7, 11) is 0. The molecule has 1 aliphatic heterocycles. The fourth-order valence-corrected chi connectivity index (χ4v) is 8.46. The molecule has 0 fully saturated rings. The van der Waals surface area contributed by atoms with Gasteiger partial charge in [-0.15, -0.1) is 0 Å². The fourth-order valence-electron chi connectivity index (χ4n) is 8.46. The van der Waals surface area contributed by atoms with Crippen LogP contribution < -0.4 is 4.74 Å². The maximum absolute atomic E-state index is 7.00. The highest BCUT2D eigenvalue weighted by atomic mass is 16.5. The molecule has 50 heavy (non-hydrogen) atoms. The van der Waals surface area contributed by atoms with E-state index in [4.69, 9.17) is 19.7 Å². The Kier molecular flexibility index (Phi) is 6.50. The molecule has 7 aromatic rings. The van der Waals surface area contributed by atoms with Crippen LogP contribution in [-0.4, -0.2) is 15.0 Å². The highest BCUT2D eigenvalue weighted by molar-refractivity contribution is 5.86. The van der Waals surface area contributed by atoms with Crippen molar-refractivity contribution in [2.45, 2.75) is 11.3 Å². The molecule has 0 radical (unpaired) electrons. The van der Waals surface area contributed by atoms with Crippen molar-refractivity contribution in [2.24, 2.45) is 5.92 Å². The maximum atomic E-state index is 7.00. The lowest BCUT2D eigenvalue weighted by molar-refractivity contribution is 0.375. The normalized spacial score (nSPS) is 19.3. The minimum atomic E-state index is -0.443. The van der Waals surface area contributed by atoms with Crippen LogP contribution in [0.1, 0.15) is 28.2 Å². The molecule has 10 rings (SSSR count). The van der Waals surface area contributed by atoms with Crippen LogP contribution in [0.5, 0.6) is 11.5 Å². The summed E-state index contributed by atoms with van der Waals surface area (Å²) in [5, 5.41) is 0. The number of hydrogen-bond donors (Lipinski definition) is 0. The van der Waals surface area contributed by atoms with E-state index in [1.807, 2.05) is 48.7 Å². The third kappa shape index (κ3) is 4.21. The van der Waals surface area contributed by atoms with E-state index in [-0.39, 0.29) is 11.8 Å². The van der Waals surface area contributed by atoms with E-state index in [9.17, 15) is 0 Å². The molecule has 0 saturated heterocycles. The van der Waals surface area contributed by atoms with Crippen LogP contribution in [0.2, 0.25) is 0 Å². The molecular weight excluding hydrogens is 611 g/mol. The third-order valence-corrected chi connectivity index (χ3v) is 10.5. The Morgan fingerprint density at radius 2 is 1.18 bits per heavy atom. The molecular formula is C46H31N3O. The maximum Gasteiger partial charge on any atom is 0.162 e. The quantitative estimate of drug-likeness (QED) is 0.192. The molecule has 0 bridgehead atoms. The summed E-state index contributed by atoms with van der Waals surface area (Å²) in [6.07, 6.45) is 11.0. The van der Waals surface area contributed by atoms with Crippen LogP contribution in [0.4, 0.5) is 0 Å². The van der Waals surface area contributed by atoms with Crippen LogP contribution in [0.25, 0.3) is 45.2 Å². The topological polar surface area (TPSA) is 47.9 Å². The number of allylic oxidation sites excluding steroid dienone is 4. The molecule has 0 N–H and O–H groups in total. The Morgan fingerprint density at radius 1 is 0.540 bits per heavy atom. The first kappa shape index (κ1) is 28.6. The Balaban J connectivity index is 1.22. The van der Waals surface area contributed by atoms with E-state index in [1.165, 1.54) is 16.7 Å². The van der Waals surface area contributed by atoms with Crippen LogP contribution in [0.3, 0.4) is 0 Å². The zero-order valence-electron chi connectivity index (χ0n) is 27.1. The van der Waals surface area contributed by atoms with Crippen LogP contribution in [-0.2, 0) is 5.41 Å². The van der Waals surface area contributed by atoms with Crippen molar-refractivity contribution in [3.63, 3.8) is 0 Å². The van der Waals surface area contributed by atoms with Crippen molar-refractivity contribution in [1.82, 2.24) is 15.0 Å². The van der Waals surface area contributed by atoms with E-state index in [0.29, 0.717) is 5.82 Å². The summed E-state index contributed by atoms with van der Waals surface area (Å²) in [6, 6.07) is 50.7. The van der Waals surface area contributed by atoms with Gasteiger partial charge in [-0.3, -0.25) is 4.98 Å². The second kappa shape index (κ2) is 11.4. The molecule has 1 spiro atoms. The van der Waals surface area contributed by atoms with E-state index in [1.54, 1.807) is 0 Å². The van der Waals surface area contributed by atoms with Gasteiger partial charge in [0.05, 0.1) is 22.5 Å². The molecule has 0 saturated carbocycles. The van der Waals surface area contributed by atoms with Gasteiger partial charge in [-0.1, -0.05) is 140 Å². The average Bonchev–Trinajstić information content (AvgIpc) is 3.49. The van der Waals surface area contributed by atoms with Gasteiger partial charge in [0.25, 0.3) is 0 Å². The van der Waals surface area contributed by atoms with E-state index in [2.05, 4.69) is 127 Å². The molecule has 4 heteroatoms. The highest BCUT2D eigenvalue weighted by Crippen LogP contribution is 2.65. The minimum Gasteiger partial charge on any atom is -0.456 e. The Labute approximate surface area is 291 Å². The molecule has 3 aliphatic rings. The van der Waals surface area contributed by atoms with Gasteiger partial charge < -0.3 is 4.74 Å². The fraction of sp³-hybridized carbons (Fsp3) is 0.0652. The van der Waals surface area contributed by atoms with Crippen molar-refractivity contribution < 1.29 is 4.74 Å². The molecule has 3 atom stereocenters. The lowest BCUT2D eigenvalue weighted by Crippen LogP contribution is -2.37. The first-order chi connectivity index (χ1) is 24.8. The highest BCUT2D eigenvalue weighted by Gasteiger charge is 2.56.